The van der Waals surface area contributed by atoms with Gasteiger partial charge in [0.15, 0.2) is 5.13 Å². The molecule has 1 saturated heterocycles. The van der Waals surface area contributed by atoms with Gasteiger partial charge in [-0.2, -0.15) is 0 Å². The standard InChI is InChI=1S/C16H17N3O2S/c1-11-2-4-12(5-3-11)9-19-10-13(8-14(19)20)15(21)18-16-17-6-7-22-16/h2-7,13H,8-10H2,1H3,(H,17,18,21). The summed E-state index contributed by atoms with van der Waals surface area (Å²) in [6.07, 6.45) is 1.91. The van der Waals surface area contributed by atoms with E-state index in [1.165, 1.54) is 16.9 Å². The van der Waals surface area contributed by atoms with E-state index in [0.29, 0.717) is 18.2 Å². The summed E-state index contributed by atoms with van der Waals surface area (Å²) >= 11 is 1.37. The smallest absolute Gasteiger partial charge is 0.231 e. The van der Waals surface area contributed by atoms with E-state index in [0.717, 1.165) is 5.56 Å². The Morgan fingerprint density at radius 2 is 2.18 bits per heavy atom. The van der Waals surface area contributed by atoms with Crippen LogP contribution in [-0.4, -0.2) is 28.2 Å². The number of aryl methyl sites for hydroxylation is 1. The van der Waals surface area contributed by atoms with Crippen LogP contribution in [0, 0.1) is 12.8 Å². The Hall–Kier alpha value is -2.21. The average molecular weight is 315 g/mol. The number of benzene rings is 1. The van der Waals surface area contributed by atoms with Crippen molar-refractivity contribution in [2.24, 2.45) is 5.92 Å². The molecule has 0 radical (unpaired) electrons. The van der Waals surface area contributed by atoms with Crippen LogP contribution < -0.4 is 5.32 Å². The molecule has 1 unspecified atom stereocenters. The third-order valence-electron chi connectivity index (χ3n) is 3.74. The summed E-state index contributed by atoms with van der Waals surface area (Å²) in [5, 5.41) is 5.15. The Bertz CT molecular complexity index is 667. The summed E-state index contributed by atoms with van der Waals surface area (Å²) in [6.45, 7) is 3.05. The molecule has 1 aliphatic rings. The maximum Gasteiger partial charge on any atom is 0.231 e. The first-order valence-electron chi connectivity index (χ1n) is 7.15. The quantitative estimate of drug-likeness (QED) is 0.942. The van der Waals surface area contributed by atoms with Gasteiger partial charge in [0.05, 0.1) is 5.92 Å². The molecule has 22 heavy (non-hydrogen) atoms. The number of hydrogen-bond acceptors (Lipinski definition) is 4. The van der Waals surface area contributed by atoms with Crippen LogP contribution in [0.5, 0.6) is 0 Å². The van der Waals surface area contributed by atoms with Crippen molar-refractivity contribution in [2.45, 2.75) is 19.9 Å². The zero-order valence-corrected chi connectivity index (χ0v) is 13.1. The fourth-order valence-corrected chi connectivity index (χ4v) is 3.04. The summed E-state index contributed by atoms with van der Waals surface area (Å²) in [6, 6.07) is 8.10. The molecule has 2 aromatic rings. The van der Waals surface area contributed by atoms with Crippen LogP contribution in [0.4, 0.5) is 5.13 Å². The second-order valence-corrected chi connectivity index (χ2v) is 6.38. The molecule has 1 aromatic heterocycles. The van der Waals surface area contributed by atoms with Gasteiger partial charge in [-0.3, -0.25) is 9.59 Å². The first-order valence-corrected chi connectivity index (χ1v) is 8.03. The maximum atomic E-state index is 12.2. The third-order valence-corrected chi connectivity index (χ3v) is 4.43. The van der Waals surface area contributed by atoms with Gasteiger partial charge in [-0.05, 0) is 12.5 Å². The molecule has 6 heteroatoms. The summed E-state index contributed by atoms with van der Waals surface area (Å²) in [5.41, 5.74) is 2.28. The third kappa shape index (κ3) is 3.33. The van der Waals surface area contributed by atoms with Gasteiger partial charge in [0.25, 0.3) is 0 Å². The molecule has 1 fully saturated rings. The van der Waals surface area contributed by atoms with Crippen LogP contribution in [0.3, 0.4) is 0 Å². The van der Waals surface area contributed by atoms with Crippen molar-refractivity contribution < 1.29 is 9.59 Å². The number of aromatic nitrogens is 1. The number of amides is 2. The van der Waals surface area contributed by atoms with Gasteiger partial charge in [0.1, 0.15) is 0 Å². The molecular weight excluding hydrogens is 298 g/mol. The highest BCUT2D eigenvalue weighted by molar-refractivity contribution is 7.13. The number of anilines is 1. The largest absolute Gasteiger partial charge is 0.338 e. The van der Waals surface area contributed by atoms with E-state index in [1.807, 2.05) is 31.2 Å². The molecule has 1 aliphatic heterocycles. The minimum absolute atomic E-state index is 0.0277. The van der Waals surface area contributed by atoms with Crippen LogP contribution in [0.15, 0.2) is 35.8 Å². The summed E-state index contributed by atoms with van der Waals surface area (Å²) in [4.78, 5) is 30.0. The average Bonchev–Trinajstić information content (AvgIpc) is 3.12. The van der Waals surface area contributed by atoms with Crippen LogP contribution in [0.25, 0.3) is 0 Å². The van der Waals surface area contributed by atoms with Crippen molar-refractivity contribution in [3.8, 4) is 0 Å². The Balaban J connectivity index is 1.60. The first kappa shape index (κ1) is 14.7. The van der Waals surface area contributed by atoms with E-state index in [9.17, 15) is 9.59 Å². The van der Waals surface area contributed by atoms with Gasteiger partial charge in [-0.15, -0.1) is 11.3 Å². The predicted octanol–water partition coefficient (Wildman–Crippen LogP) is 2.44. The topological polar surface area (TPSA) is 62.3 Å². The van der Waals surface area contributed by atoms with Crippen LogP contribution >= 0.6 is 11.3 Å². The van der Waals surface area contributed by atoms with Crippen LogP contribution in [0.2, 0.25) is 0 Å². The first-order chi connectivity index (χ1) is 10.6. The number of nitrogens with zero attached hydrogens (tertiary/aromatic N) is 2. The van der Waals surface area contributed by atoms with E-state index >= 15 is 0 Å². The zero-order valence-electron chi connectivity index (χ0n) is 12.3. The number of nitrogens with one attached hydrogen (secondary N) is 1. The molecule has 3 rings (SSSR count). The molecule has 0 spiro atoms. The van der Waals surface area contributed by atoms with Gasteiger partial charge in [0.2, 0.25) is 11.8 Å². The maximum absolute atomic E-state index is 12.2. The highest BCUT2D eigenvalue weighted by Gasteiger charge is 2.34. The predicted molar refractivity (Wildman–Crippen MR) is 85.4 cm³/mol. The molecule has 0 saturated carbocycles. The van der Waals surface area contributed by atoms with E-state index in [4.69, 9.17) is 0 Å². The number of thiazole rings is 1. The highest BCUT2D eigenvalue weighted by Crippen LogP contribution is 2.22. The summed E-state index contributed by atoms with van der Waals surface area (Å²) < 4.78 is 0. The molecule has 1 N–H and O–H groups in total. The molecule has 2 amide bonds. The molecule has 0 aliphatic carbocycles. The SMILES string of the molecule is Cc1ccc(CN2CC(C(=O)Nc3nccs3)CC2=O)cc1. The number of carbonyl (C=O) groups is 2. The molecular formula is C16H17N3O2S. The van der Waals surface area contributed by atoms with Gasteiger partial charge in [0, 0.05) is 31.1 Å². The van der Waals surface area contributed by atoms with Crippen LogP contribution in [-0.2, 0) is 16.1 Å². The Labute approximate surface area is 133 Å². The number of carbonyl (C=O) groups excluding carboxylic acids is 2. The van der Waals surface area contributed by atoms with E-state index in [1.54, 1.807) is 16.5 Å². The van der Waals surface area contributed by atoms with Gasteiger partial charge in [-0.1, -0.05) is 29.8 Å². The van der Waals surface area contributed by atoms with Crippen molar-refractivity contribution in [3.05, 3.63) is 47.0 Å². The van der Waals surface area contributed by atoms with Crippen molar-refractivity contribution in [1.82, 2.24) is 9.88 Å². The van der Waals surface area contributed by atoms with Crippen molar-refractivity contribution in [1.29, 1.82) is 0 Å². The minimum Gasteiger partial charge on any atom is -0.338 e. The summed E-state index contributed by atoms with van der Waals surface area (Å²) in [7, 11) is 0. The second kappa shape index (κ2) is 6.27. The summed E-state index contributed by atoms with van der Waals surface area (Å²) in [5.74, 6) is -0.406. The second-order valence-electron chi connectivity index (χ2n) is 5.49. The van der Waals surface area contributed by atoms with Gasteiger partial charge in [-0.25, -0.2) is 4.98 Å². The minimum atomic E-state index is -0.304. The molecule has 114 valence electrons. The lowest BCUT2D eigenvalue weighted by Crippen LogP contribution is -2.28. The zero-order chi connectivity index (χ0) is 15.5. The monoisotopic (exact) mass is 315 g/mol. The highest BCUT2D eigenvalue weighted by atomic mass is 32.1. The number of hydrogen-bond donors (Lipinski definition) is 1. The molecule has 5 nitrogen and oxygen atoms in total. The van der Waals surface area contributed by atoms with Crippen molar-refractivity contribution in [3.63, 3.8) is 0 Å². The fourth-order valence-electron chi connectivity index (χ4n) is 2.51. The lowest BCUT2D eigenvalue weighted by Gasteiger charge is -2.16. The molecule has 0 bridgehead atoms. The van der Waals surface area contributed by atoms with Gasteiger partial charge < -0.3 is 10.2 Å². The van der Waals surface area contributed by atoms with Gasteiger partial charge >= 0.3 is 0 Å². The number of rotatable bonds is 4. The van der Waals surface area contributed by atoms with Crippen LogP contribution in [0.1, 0.15) is 17.5 Å². The van der Waals surface area contributed by atoms with Crippen molar-refractivity contribution >= 4 is 28.3 Å². The molecule has 1 aromatic carbocycles. The molecule has 1 atom stereocenters. The number of likely N-dealkylation sites (tertiary alicyclic amines) is 1. The fraction of sp³-hybridized carbons (Fsp3) is 0.312. The normalized spacial score (nSPS) is 17.8. The molecule has 2 heterocycles. The lowest BCUT2D eigenvalue weighted by molar-refractivity contribution is -0.128. The van der Waals surface area contributed by atoms with E-state index in [-0.39, 0.29) is 24.2 Å². The van der Waals surface area contributed by atoms with E-state index in [2.05, 4.69) is 10.3 Å². The Morgan fingerprint density at radius 3 is 2.86 bits per heavy atom. The lowest BCUT2D eigenvalue weighted by atomic mass is 10.1. The Kier molecular flexibility index (Phi) is 4.20. The van der Waals surface area contributed by atoms with Crippen molar-refractivity contribution in [2.75, 3.05) is 11.9 Å². The Morgan fingerprint density at radius 1 is 1.41 bits per heavy atom. The van der Waals surface area contributed by atoms with E-state index < -0.39 is 0 Å².